The zero-order chi connectivity index (χ0) is 15.0. The number of fused-ring (bicyclic) bond motifs is 1. The number of carbonyl (C=O) groups excluding carboxylic acids is 1. The highest BCUT2D eigenvalue weighted by atomic mass is 32.1. The summed E-state index contributed by atoms with van der Waals surface area (Å²) in [4.78, 5) is 19.9. The zero-order valence-electron chi connectivity index (χ0n) is 12.0. The molecule has 2 atom stereocenters. The molecule has 0 saturated heterocycles. The fraction of sp³-hybridized carbons (Fsp3) is 0.467. The first-order chi connectivity index (χ1) is 10.1. The molecule has 0 bridgehead atoms. The van der Waals surface area contributed by atoms with Crippen molar-refractivity contribution in [2.24, 2.45) is 0 Å². The summed E-state index contributed by atoms with van der Waals surface area (Å²) in [5.41, 5.74) is 6.59. The van der Waals surface area contributed by atoms with Crippen LogP contribution in [0.1, 0.15) is 35.4 Å². The Kier molecular flexibility index (Phi) is 3.82. The number of nitrogens with zero attached hydrogens (tertiary/aromatic N) is 2. The van der Waals surface area contributed by atoms with Gasteiger partial charge in [0.05, 0.1) is 17.8 Å². The van der Waals surface area contributed by atoms with Gasteiger partial charge in [-0.1, -0.05) is 12.8 Å². The average Bonchev–Trinajstić information content (AvgIpc) is 2.84. The number of nitrogen functional groups attached to an aromatic ring is 1. The van der Waals surface area contributed by atoms with Gasteiger partial charge < -0.3 is 15.7 Å². The third-order valence-electron chi connectivity index (χ3n) is 4.21. The topological polar surface area (TPSA) is 79.5 Å². The number of rotatable bonds is 2. The van der Waals surface area contributed by atoms with Crippen LogP contribution >= 0.6 is 11.3 Å². The van der Waals surface area contributed by atoms with Crippen LogP contribution in [0, 0.1) is 0 Å². The third-order valence-corrected chi connectivity index (χ3v) is 5.33. The molecule has 1 aliphatic carbocycles. The maximum absolute atomic E-state index is 12.7. The minimum absolute atomic E-state index is 0.121. The number of anilines is 1. The van der Waals surface area contributed by atoms with Crippen LogP contribution in [0.15, 0.2) is 18.3 Å². The van der Waals surface area contributed by atoms with Gasteiger partial charge in [0.2, 0.25) is 0 Å². The van der Waals surface area contributed by atoms with Crippen LogP contribution in [-0.4, -0.2) is 40.1 Å². The van der Waals surface area contributed by atoms with E-state index in [1.807, 2.05) is 12.1 Å². The highest BCUT2D eigenvalue weighted by molar-refractivity contribution is 7.21. The van der Waals surface area contributed by atoms with Crippen molar-refractivity contribution in [3.63, 3.8) is 0 Å². The second-order valence-corrected chi connectivity index (χ2v) is 6.54. The van der Waals surface area contributed by atoms with Gasteiger partial charge in [0.1, 0.15) is 9.71 Å². The van der Waals surface area contributed by atoms with E-state index in [-0.39, 0.29) is 11.9 Å². The van der Waals surface area contributed by atoms with Crippen LogP contribution in [0.3, 0.4) is 0 Å². The van der Waals surface area contributed by atoms with Crippen molar-refractivity contribution in [1.82, 2.24) is 9.88 Å². The molecular weight excluding hydrogens is 286 g/mol. The number of likely N-dealkylation sites (N-methyl/N-ethyl adjacent to an activating group) is 1. The molecule has 2 unspecified atom stereocenters. The fourth-order valence-electron chi connectivity index (χ4n) is 2.96. The predicted molar refractivity (Wildman–Crippen MR) is 84.4 cm³/mol. The molecule has 0 spiro atoms. The van der Waals surface area contributed by atoms with E-state index in [0.29, 0.717) is 10.6 Å². The predicted octanol–water partition coefficient (Wildman–Crippen LogP) is 2.25. The van der Waals surface area contributed by atoms with Gasteiger partial charge in [-0.2, -0.15) is 0 Å². The van der Waals surface area contributed by atoms with Crippen molar-refractivity contribution in [2.75, 3.05) is 12.8 Å². The molecule has 112 valence electrons. The Labute approximate surface area is 127 Å². The number of nitrogens with two attached hydrogens (primary N) is 1. The molecule has 2 heterocycles. The molecular formula is C15H19N3O2S. The van der Waals surface area contributed by atoms with Crippen LogP contribution in [0.5, 0.6) is 0 Å². The van der Waals surface area contributed by atoms with Gasteiger partial charge >= 0.3 is 0 Å². The Morgan fingerprint density at radius 3 is 2.95 bits per heavy atom. The van der Waals surface area contributed by atoms with Crippen LogP contribution in [0.2, 0.25) is 0 Å². The molecule has 6 heteroatoms. The van der Waals surface area contributed by atoms with Crippen molar-refractivity contribution in [1.29, 1.82) is 0 Å². The summed E-state index contributed by atoms with van der Waals surface area (Å²) in [6, 6.07) is 3.57. The van der Waals surface area contributed by atoms with Gasteiger partial charge in [-0.15, -0.1) is 11.3 Å². The lowest BCUT2D eigenvalue weighted by molar-refractivity contribution is 0.0271. The third kappa shape index (κ3) is 2.49. The number of carbonyl (C=O) groups is 1. The largest absolute Gasteiger partial charge is 0.397 e. The van der Waals surface area contributed by atoms with Crippen LogP contribution in [-0.2, 0) is 0 Å². The normalized spacial score (nSPS) is 22.4. The Morgan fingerprint density at radius 1 is 1.48 bits per heavy atom. The van der Waals surface area contributed by atoms with Gasteiger partial charge in [-0.3, -0.25) is 4.79 Å². The second-order valence-electron chi connectivity index (χ2n) is 5.54. The Hall–Kier alpha value is -1.66. The molecule has 1 saturated carbocycles. The first-order valence-corrected chi connectivity index (χ1v) is 7.99. The summed E-state index contributed by atoms with van der Waals surface area (Å²) in [6.45, 7) is 0. The molecule has 1 amide bonds. The van der Waals surface area contributed by atoms with E-state index in [4.69, 9.17) is 5.73 Å². The highest BCUT2D eigenvalue weighted by Crippen LogP contribution is 2.34. The first-order valence-electron chi connectivity index (χ1n) is 7.18. The SMILES string of the molecule is CN(C(=O)c1sc2ncccc2c1N)C1CCCCC1O. The molecule has 5 nitrogen and oxygen atoms in total. The molecule has 1 fully saturated rings. The van der Waals surface area contributed by atoms with Gasteiger partial charge in [0, 0.05) is 18.6 Å². The van der Waals surface area contributed by atoms with Gasteiger partial charge in [-0.05, 0) is 25.0 Å². The van der Waals surface area contributed by atoms with Crippen molar-refractivity contribution < 1.29 is 9.90 Å². The number of thiophene rings is 1. The van der Waals surface area contributed by atoms with E-state index in [0.717, 1.165) is 35.9 Å². The molecule has 0 aliphatic heterocycles. The molecule has 3 rings (SSSR count). The highest BCUT2D eigenvalue weighted by Gasteiger charge is 2.31. The van der Waals surface area contributed by atoms with Crippen LogP contribution in [0.25, 0.3) is 10.2 Å². The Balaban J connectivity index is 1.91. The van der Waals surface area contributed by atoms with E-state index in [2.05, 4.69) is 4.98 Å². The first kappa shape index (κ1) is 14.3. The molecule has 3 N–H and O–H groups in total. The summed E-state index contributed by atoms with van der Waals surface area (Å²) < 4.78 is 0. The number of aliphatic hydroxyl groups is 1. The van der Waals surface area contributed by atoms with Crippen molar-refractivity contribution in [3.05, 3.63) is 23.2 Å². The molecule has 0 radical (unpaired) electrons. The van der Waals surface area contributed by atoms with Gasteiger partial charge in [0.25, 0.3) is 5.91 Å². The number of hydrogen-bond donors (Lipinski definition) is 2. The minimum atomic E-state index is -0.443. The fourth-order valence-corrected chi connectivity index (χ4v) is 4.01. The minimum Gasteiger partial charge on any atom is -0.397 e. The number of hydrogen-bond acceptors (Lipinski definition) is 5. The van der Waals surface area contributed by atoms with E-state index in [9.17, 15) is 9.90 Å². The molecule has 0 aromatic carbocycles. The molecule has 21 heavy (non-hydrogen) atoms. The zero-order valence-corrected chi connectivity index (χ0v) is 12.8. The Morgan fingerprint density at radius 2 is 2.24 bits per heavy atom. The number of pyridine rings is 1. The number of aliphatic hydroxyl groups excluding tert-OH is 1. The maximum Gasteiger partial charge on any atom is 0.266 e. The number of aromatic nitrogens is 1. The van der Waals surface area contributed by atoms with Gasteiger partial charge in [0.15, 0.2) is 0 Å². The van der Waals surface area contributed by atoms with E-state index < -0.39 is 6.10 Å². The van der Waals surface area contributed by atoms with Gasteiger partial charge in [-0.25, -0.2) is 4.98 Å². The second kappa shape index (κ2) is 5.61. The standard InChI is InChI=1S/C15H19N3O2S/c1-18(10-6-2-3-7-11(10)19)15(20)13-12(16)9-5-4-8-17-14(9)21-13/h4-5,8,10-11,19H,2-3,6-7,16H2,1H3. The molecule has 2 aromatic heterocycles. The summed E-state index contributed by atoms with van der Waals surface area (Å²) in [5.74, 6) is -0.124. The summed E-state index contributed by atoms with van der Waals surface area (Å²) in [7, 11) is 1.75. The quantitative estimate of drug-likeness (QED) is 0.892. The molecule has 1 aliphatic rings. The van der Waals surface area contributed by atoms with E-state index in [1.165, 1.54) is 11.3 Å². The van der Waals surface area contributed by atoms with Crippen molar-refractivity contribution in [2.45, 2.75) is 37.8 Å². The smallest absolute Gasteiger partial charge is 0.266 e. The van der Waals surface area contributed by atoms with Crippen LogP contribution in [0.4, 0.5) is 5.69 Å². The van der Waals surface area contributed by atoms with Crippen LogP contribution < -0.4 is 5.73 Å². The lowest BCUT2D eigenvalue weighted by Gasteiger charge is -2.35. The maximum atomic E-state index is 12.7. The van der Waals surface area contributed by atoms with E-state index in [1.54, 1.807) is 18.1 Å². The Bertz CT molecular complexity index is 670. The average molecular weight is 305 g/mol. The molecule has 2 aromatic rings. The lowest BCUT2D eigenvalue weighted by Crippen LogP contribution is -2.46. The summed E-state index contributed by atoms with van der Waals surface area (Å²) in [5, 5.41) is 10.9. The van der Waals surface area contributed by atoms with Crippen molar-refractivity contribution >= 4 is 33.1 Å². The summed E-state index contributed by atoms with van der Waals surface area (Å²) >= 11 is 1.32. The lowest BCUT2D eigenvalue weighted by atomic mass is 9.91. The number of amides is 1. The monoisotopic (exact) mass is 305 g/mol. The summed E-state index contributed by atoms with van der Waals surface area (Å²) in [6.07, 6.45) is 4.91. The van der Waals surface area contributed by atoms with Crippen molar-refractivity contribution in [3.8, 4) is 0 Å². The van der Waals surface area contributed by atoms with E-state index >= 15 is 0 Å².